The fourth-order valence-electron chi connectivity index (χ4n) is 3.82. The number of allylic oxidation sites excluding steroid dienone is 1. The van der Waals surface area contributed by atoms with Crippen LogP contribution in [0.1, 0.15) is 5.56 Å². The van der Waals surface area contributed by atoms with Gasteiger partial charge in [-0.05, 0) is 59.2 Å². The number of carbonyl (C=O) groups excluding carboxylic acids is 1. The zero-order chi connectivity index (χ0) is 24.6. The maximum absolute atomic E-state index is 13.3. The molecular weight excluding hydrogens is 464 g/mol. The molecule has 3 aromatic rings. The second kappa shape index (κ2) is 11.7. The van der Waals surface area contributed by atoms with E-state index in [4.69, 9.17) is 21.7 Å². The van der Waals surface area contributed by atoms with Crippen LogP contribution in [0.25, 0.3) is 11.1 Å². The highest BCUT2D eigenvalue weighted by Crippen LogP contribution is 2.26. The number of benzene rings is 3. The van der Waals surface area contributed by atoms with Crippen molar-refractivity contribution in [2.75, 3.05) is 31.5 Å². The number of aliphatic hydroxyl groups excluding tert-OH is 1. The summed E-state index contributed by atoms with van der Waals surface area (Å²) >= 11 is 5.96. The average molecular weight is 491 g/mol. The minimum atomic E-state index is -0.455. The van der Waals surface area contributed by atoms with Gasteiger partial charge in [-0.15, -0.1) is 0 Å². The van der Waals surface area contributed by atoms with E-state index in [1.807, 2.05) is 41.3 Å². The number of hydrogen-bond donors (Lipinski definition) is 4. The van der Waals surface area contributed by atoms with E-state index < -0.39 is 5.91 Å². The van der Waals surface area contributed by atoms with Gasteiger partial charge >= 0.3 is 0 Å². The molecule has 0 saturated carbocycles. The molecule has 7 nitrogen and oxygen atoms in total. The Morgan fingerprint density at radius 1 is 1.06 bits per heavy atom. The number of rotatable bonds is 8. The zero-order valence-corrected chi connectivity index (χ0v) is 19.9. The van der Waals surface area contributed by atoms with Gasteiger partial charge in [-0.1, -0.05) is 41.9 Å². The number of hydrogen-bond acceptors (Lipinski definition) is 6. The number of amides is 1. The first-order valence-electron chi connectivity index (χ1n) is 11.3. The molecule has 1 heterocycles. The molecule has 180 valence electrons. The summed E-state index contributed by atoms with van der Waals surface area (Å²) in [4.78, 5) is 15.3. The normalized spacial score (nSPS) is 14.2. The van der Waals surface area contributed by atoms with Crippen LogP contribution in [0.5, 0.6) is 5.75 Å². The number of carbonyl (C=O) groups is 1. The van der Waals surface area contributed by atoms with Crippen molar-refractivity contribution >= 4 is 29.4 Å². The van der Waals surface area contributed by atoms with E-state index >= 15 is 0 Å². The first-order chi connectivity index (χ1) is 17.1. The van der Waals surface area contributed by atoms with Gasteiger partial charge in [0.05, 0.1) is 6.61 Å². The van der Waals surface area contributed by atoms with Gasteiger partial charge in [-0.3, -0.25) is 4.79 Å². The first kappa shape index (κ1) is 24.5. The van der Waals surface area contributed by atoms with Gasteiger partial charge < -0.3 is 30.8 Å². The molecule has 0 unspecified atom stereocenters. The lowest BCUT2D eigenvalue weighted by molar-refractivity contribution is -0.115. The SMILES string of the molecule is N=C/C(=C(/Oc1ccc(-c2cccc(CO)c2)cc1)C(=O)Nc1ccc(Cl)cc1)N1CCNCC1. The summed E-state index contributed by atoms with van der Waals surface area (Å²) in [5.74, 6) is 0.0683. The highest BCUT2D eigenvalue weighted by Gasteiger charge is 2.23. The van der Waals surface area contributed by atoms with Gasteiger partial charge in [-0.2, -0.15) is 0 Å². The van der Waals surface area contributed by atoms with Crippen molar-refractivity contribution in [2.45, 2.75) is 6.61 Å². The quantitative estimate of drug-likeness (QED) is 0.215. The first-order valence-corrected chi connectivity index (χ1v) is 11.7. The van der Waals surface area contributed by atoms with Crippen LogP contribution in [0.15, 0.2) is 84.3 Å². The molecule has 1 aliphatic heterocycles. The Bertz CT molecular complexity index is 1200. The predicted molar refractivity (Wildman–Crippen MR) is 139 cm³/mol. The monoisotopic (exact) mass is 490 g/mol. The minimum Gasteiger partial charge on any atom is -0.449 e. The summed E-state index contributed by atoms with van der Waals surface area (Å²) in [6.45, 7) is 2.80. The van der Waals surface area contributed by atoms with Crippen molar-refractivity contribution < 1.29 is 14.6 Å². The van der Waals surface area contributed by atoms with Crippen LogP contribution in [0.3, 0.4) is 0 Å². The third-order valence-electron chi connectivity index (χ3n) is 5.65. The Balaban J connectivity index is 1.62. The lowest BCUT2D eigenvalue weighted by Crippen LogP contribution is -2.44. The molecule has 4 N–H and O–H groups in total. The molecule has 3 aromatic carbocycles. The minimum absolute atomic E-state index is 0.0235. The average Bonchev–Trinajstić information content (AvgIpc) is 2.91. The summed E-state index contributed by atoms with van der Waals surface area (Å²) in [6.07, 6.45) is 1.16. The fraction of sp³-hybridized carbons (Fsp3) is 0.185. The van der Waals surface area contributed by atoms with Gasteiger partial charge in [0.2, 0.25) is 5.76 Å². The Morgan fingerprint density at radius 2 is 1.77 bits per heavy atom. The molecule has 0 atom stereocenters. The van der Waals surface area contributed by atoms with E-state index in [0.29, 0.717) is 35.2 Å². The van der Waals surface area contributed by atoms with Crippen molar-refractivity contribution in [1.29, 1.82) is 5.41 Å². The van der Waals surface area contributed by atoms with Crippen LogP contribution >= 0.6 is 11.6 Å². The lowest BCUT2D eigenvalue weighted by Gasteiger charge is -2.30. The number of piperazine rings is 1. The van der Waals surface area contributed by atoms with Crippen molar-refractivity contribution in [2.24, 2.45) is 0 Å². The van der Waals surface area contributed by atoms with E-state index in [0.717, 1.165) is 36.0 Å². The van der Waals surface area contributed by atoms with E-state index in [-0.39, 0.29) is 12.4 Å². The third-order valence-corrected chi connectivity index (χ3v) is 5.90. The third kappa shape index (κ3) is 6.27. The second-order valence-electron chi connectivity index (χ2n) is 8.04. The van der Waals surface area contributed by atoms with Crippen LogP contribution in [-0.4, -0.2) is 48.3 Å². The number of nitrogens with zero attached hydrogens (tertiary/aromatic N) is 1. The van der Waals surface area contributed by atoms with E-state index in [1.54, 1.807) is 36.4 Å². The maximum atomic E-state index is 13.3. The molecule has 0 bridgehead atoms. The maximum Gasteiger partial charge on any atom is 0.293 e. The molecule has 0 aliphatic carbocycles. The number of nitrogens with one attached hydrogen (secondary N) is 3. The number of anilines is 1. The molecule has 1 amide bonds. The summed E-state index contributed by atoms with van der Waals surface area (Å²) in [5.41, 5.74) is 3.75. The smallest absolute Gasteiger partial charge is 0.293 e. The Labute approximate surface area is 209 Å². The van der Waals surface area contributed by atoms with Crippen LogP contribution in [0, 0.1) is 5.41 Å². The molecule has 0 radical (unpaired) electrons. The highest BCUT2D eigenvalue weighted by molar-refractivity contribution is 6.30. The summed E-state index contributed by atoms with van der Waals surface area (Å²) < 4.78 is 6.10. The molecule has 0 spiro atoms. The van der Waals surface area contributed by atoms with Gasteiger partial charge in [0.1, 0.15) is 11.4 Å². The Hall–Kier alpha value is -3.65. The lowest BCUT2D eigenvalue weighted by atomic mass is 10.0. The van der Waals surface area contributed by atoms with E-state index in [9.17, 15) is 9.90 Å². The van der Waals surface area contributed by atoms with Crippen molar-refractivity contribution in [1.82, 2.24) is 10.2 Å². The van der Waals surface area contributed by atoms with Crippen molar-refractivity contribution in [3.8, 4) is 16.9 Å². The van der Waals surface area contributed by atoms with Crippen molar-refractivity contribution in [3.05, 3.63) is 94.8 Å². The number of ether oxygens (including phenoxy) is 1. The molecule has 1 saturated heterocycles. The predicted octanol–water partition coefficient (Wildman–Crippen LogP) is 4.28. The van der Waals surface area contributed by atoms with Crippen molar-refractivity contribution in [3.63, 3.8) is 0 Å². The van der Waals surface area contributed by atoms with E-state index in [2.05, 4.69) is 10.6 Å². The largest absolute Gasteiger partial charge is 0.449 e. The van der Waals surface area contributed by atoms with Crippen LogP contribution < -0.4 is 15.4 Å². The Morgan fingerprint density at radius 3 is 2.43 bits per heavy atom. The van der Waals surface area contributed by atoms with Gasteiger partial charge in [0.15, 0.2) is 0 Å². The molecule has 8 heteroatoms. The molecular formula is C27H27ClN4O3. The highest BCUT2D eigenvalue weighted by atomic mass is 35.5. The summed E-state index contributed by atoms with van der Waals surface area (Å²) in [5, 5.41) is 24.1. The fourth-order valence-corrected chi connectivity index (χ4v) is 3.95. The molecule has 35 heavy (non-hydrogen) atoms. The van der Waals surface area contributed by atoms with Gasteiger partial charge in [-0.25, -0.2) is 0 Å². The Kier molecular flexibility index (Phi) is 8.15. The zero-order valence-electron chi connectivity index (χ0n) is 19.1. The van der Waals surface area contributed by atoms with Gasteiger partial charge in [0, 0.05) is 43.1 Å². The summed E-state index contributed by atoms with van der Waals surface area (Å²) in [6, 6.07) is 21.8. The summed E-state index contributed by atoms with van der Waals surface area (Å²) in [7, 11) is 0. The molecule has 1 fully saturated rings. The number of aliphatic hydroxyl groups is 1. The van der Waals surface area contributed by atoms with Crippen LogP contribution in [-0.2, 0) is 11.4 Å². The molecule has 4 rings (SSSR count). The standard InChI is InChI=1S/C27H27ClN4O3/c28-22-6-8-23(9-7-22)31-27(34)26(25(17-29)32-14-12-30-13-15-32)35-24-10-4-20(5-11-24)21-3-1-2-19(16-21)18-33/h1-11,16-17,29-30,33H,12-15,18H2,(H,31,34)/b26-25-,29-17?. The van der Waals surface area contributed by atoms with Gasteiger partial charge in [0.25, 0.3) is 5.91 Å². The molecule has 0 aromatic heterocycles. The van der Waals surface area contributed by atoms with Crippen LogP contribution in [0.4, 0.5) is 5.69 Å². The number of halogens is 1. The second-order valence-corrected chi connectivity index (χ2v) is 8.48. The van der Waals surface area contributed by atoms with E-state index in [1.165, 1.54) is 0 Å². The topological polar surface area (TPSA) is 97.7 Å². The molecule has 1 aliphatic rings. The van der Waals surface area contributed by atoms with Crippen LogP contribution in [0.2, 0.25) is 5.02 Å².